The quantitative estimate of drug-likeness (QED) is 0.655. The van der Waals surface area contributed by atoms with Crippen LogP contribution in [-0.4, -0.2) is 49.8 Å². The molecule has 9 nitrogen and oxygen atoms in total. The molecular weight excluding hydrogens is 398 g/mol. The predicted octanol–water partition coefficient (Wildman–Crippen LogP) is 0.995. The molecule has 1 aliphatic heterocycles. The molecule has 1 aromatic carbocycles. The van der Waals surface area contributed by atoms with Crippen molar-refractivity contribution in [3.05, 3.63) is 24.3 Å². The summed E-state index contributed by atoms with van der Waals surface area (Å²) in [6.45, 7) is 1.78. The molecule has 0 bridgehead atoms. The Morgan fingerprint density at radius 3 is 2.41 bits per heavy atom. The lowest BCUT2D eigenvalue weighted by molar-refractivity contribution is -0.157. The van der Waals surface area contributed by atoms with Gasteiger partial charge in [0.2, 0.25) is 15.9 Å². The molecule has 0 aromatic heterocycles. The molecule has 0 spiro atoms. The van der Waals surface area contributed by atoms with Gasteiger partial charge in [0, 0.05) is 24.7 Å². The summed E-state index contributed by atoms with van der Waals surface area (Å²) < 4.78 is 27.8. The Balaban J connectivity index is 1.52. The maximum atomic E-state index is 12.4. The van der Waals surface area contributed by atoms with Crippen molar-refractivity contribution in [2.75, 3.05) is 11.9 Å². The van der Waals surface area contributed by atoms with E-state index in [0.29, 0.717) is 12.2 Å². The highest BCUT2D eigenvalue weighted by Gasteiger charge is 2.40. The van der Waals surface area contributed by atoms with Gasteiger partial charge in [0.25, 0.3) is 5.91 Å². The van der Waals surface area contributed by atoms with E-state index in [1.54, 1.807) is 4.90 Å². The number of sulfonamides is 1. The molecular formula is C19H25N3O6S. The van der Waals surface area contributed by atoms with Crippen LogP contribution in [-0.2, 0) is 29.1 Å². The number of nitrogens with one attached hydrogen (secondary N) is 1. The van der Waals surface area contributed by atoms with Crippen LogP contribution in [0.5, 0.6) is 0 Å². The average Bonchev–Trinajstić information content (AvgIpc) is 3.30. The van der Waals surface area contributed by atoms with Gasteiger partial charge in [-0.15, -0.1) is 0 Å². The van der Waals surface area contributed by atoms with Gasteiger partial charge in [-0.3, -0.25) is 14.4 Å². The third kappa shape index (κ3) is 5.13. The highest BCUT2D eigenvalue weighted by atomic mass is 32.2. The van der Waals surface area contributed by atoms with E-state index in [2.05, 4.69) is 5.32 Å². The number of nitrogens with zero attached hydrogens (tertiary/aromatic N) is 1. The van der Waals surface area contributed by atoms with E-state index in [4.69, 9.17) is 9.88 Å². The molecule has 2 aliphatic rings. The van der Waals surface area contributed by atoms with E-state index in [1.807, 2.05) is 0 Å². The molecule has 3 N–H and O–H groups in total. The molecule has 2 fully saturated rings. The lowest BCUT2D eigenvalue weighted by Crippen LogP contribution is -2.36. The van der Waals surface area contributed by atoms with Crippen LogP contribution in [0, 0.1) is 5.92 Å². The molecule has 158 valence electrons. The SMILES string of the molecule is C[C@@H](OC(=O)[C@@H]1CC(=O)N(C2CCCC2)C1)C(=O)Nc1ccc(S(N)(=O)=O)cc1. The van der Waals surface area contributed by atoms with Crippen LogP contribution in [0.4, 0.5) is 5.69 Å². The monoisotopic (exact) mass is 423 g/mol. The van der Waals surface area contributed by atoms with Gasteiger partial charge in [0.1, 0.15) is 0 Å². The Labute approximate surface area is 169 Å². The first-order chi connectivity index (χ1) is 13.6. The normalized spacial score (nSPS) is 21.2. The van der Waals surface area contributed by atoms with Crippen LogP contribution in [0.1, 0.15) is 39.0 Å². The van der Waals surface area contributed by atoms with E-state index >= 15 is 0 Å². The molecule has 1 saturated heterocycles. The number of carbonyl (C=O) groups excluding carboxylic acids is 3. The average molecular weight is 423 g/mol. The number of carbonyl (C=O) groups is 3. The van der Waals surface area contributed by atoms with Crippen molar-refractivity contribution >= 4 is 33.5 Å². The molecule has 2 atom stereocenters. The van der Waals surface area contributed by atoms with Crippen LogP contribution < -0.4 is 10.5 Å². The molecule has 29 heavy (non-hydrogen) atoms. The van der Waals surface area contributed by atoms with Crippen molar-refractivity contribution in [2.45, 2.75) is 56.1 Å². The number of likely N-dealkylation sites (tertiary alicyclic amines) is 1. The molecule has 1 aromatic rings. The second kappa shape index (κ2) is 8.50. The summed E-state index contributed by atoms with van der Waals surface area (Å²) in [5.74, 6) is -1.72. The van der Waals surface area contributed by atoms with Crippen LogP contribution in [0.3, 0.4) is 0 Å². The number of ether oxygens (including phenoxy) is 1. The number of hydrogen-bond donors (Lipinski definition) is 2. The first-order valence-electron chi connectivity index (χ1n) is 9.59. The second-order valence-corrected chi connectivity index (χ2v) is 9.08. The van der Waals surface area contributed by atoms with Crippen LogP contribution in [0.25, 0.3) is 0 Å². The van der Waals surface area contributed by atoms with E-state index in [0.717, 1.165) is 25.7 Å². The van der Waals surface area contributed by atoms with Gasteiger partial charge in [-0.1, -0.05) is 12.8 Å². The minimum Gasteiger partial charge on any atom is -0.452 e. The lowest BCUT2D eigenvalue weighted by atomic mass is 10.1. The predicted molar refractivity (Wildman–Crippen MR) is 104 cm³/mol. The second-order valence-electron chi connectivity index (χ2n) is 7.52. The summed E-state index contributed by atoms with van der Waals surface area (Å²) in [6.07, 6.45) is 3.18. The summed E-state index contributed by atoms with van der Waals surface area (Å²) in [6, 6.07) is 5.52. The van der Waals surface area contributed by atoms with Gasteiger partial charge in [0.05, 0.1) is 10.8 Å². The molecule has 3 rings (SSSR count). The smallest absolute Gasteiger partial charge is 0.312 e. The van der Waals surface area contributed by atoms with E-state index in [1.165, 1.54) is 31.2 Å². The number of primary sulfonamides is 1. The van der Waals surface area contributed by atoms with Crippen LogP contribution >= 0.6 is 0 Å². The van der Waals surface area contributed by atoms with Crippen molar-refractivity contribution in [1.82, 2.24) is 4.90 Å². The zero-order chi connectivity index (χ0) is 21.2. The topological polar surface area (TPSA) is 136 Å². The summed E-state index contributed by atoms with van der Waals surface area (Å²) in [7, 11) is -3.82. The number of benzene rings is 1. The van der Waals surface area contributed by atoms with E-state index < -0.39 is 33.9 Å². The third-order valence-electron chi connectivity index (χ3n) is 5.37. The van der Waals surface area contributed by atoms with Gasteiger partial charge >= 0.3 is 5.97 Å². The molecule has 1 aliphatic carbocycles. The molecule has 1 heterocycles. The van der Waals surface area contributed by atoms with Crippen LogP contribution in [0.2, 0.25) is 0 Å². The minimum absolute atomic E-state index is 0.0362. The minimum atomic E-state index is -3.82. The van der Waals surface area contributed by atoms with Gasteiger partial charge in [-0.25, -0.2) is 13.6 Å². The van der Waals surface area contributed by atoms with Gasteiger partial charge < -0.3 is 15.0 Å². The zero-order valence-electron chi connectivity index (χ0n) is 16.2. The highest BCUT2D eigenvalue weighted by Crippen LogP contribution is 2.30. The van der Waals surface area contributed by atoms with Crippen molar-refractivity contribution in [3.63, 3.8) is 0 Å². The maximum Gasteiger partial charge on any atom is 0.312 e. The first kappa shape index (κ1) is 21.3. The molecule has 10 heteroatoms. The molecule has 2 amide bonds. The number of nitrogens with two attached hydrogens (primary N) is 1. The first-order valence-corrected chi connectivity index (χ1v) is 11.1. The number of hydrogen-bond acceptors (Lipinski definition) is 6. The molecule has 0 radical (unpaired) electrons. The van der Waals surface area contributed by atoms with Crippen molar-refractivity contribution in [3.8, 4) is 0 Å². The number of esters is 1. The fourth-order valence-corrected chi connectivity index (χ4v) is 4.27. The Bertz CT molecular complexity index is 893. The fraction of sp³-hybridized carbons (Fsp3) is 0.526. The molecule has 1 saturated carbocycles. The van der Waals surface area contributed by atoms with Gasteiger partial charge in [-0.2, -0.15) is 0 Å². The van der Waals surface area contributed by atoms with Crippen molar-refractivity contribution in [1.29, 1.82) is 0 Å². The van der Waals surface area contributed by atoms with Gasteiger partial charge in [0.15, 0.2) is 6.10 Å². The lowest BCUT2D eigenvalue weighted by Gasteiger charge is -2.24. The van der Waals surface area contributed by atoms with Crippen LogP contribution in [0.15, 0.2) is 29.2 Å². The van der Waals surface area contributed by atoms with E-state index in [9.17, 15) is 22.8 Å². The standard InChI is InChI=1S/C19H25N3O6S/c1-12(18(24)21-14-6-8-16(9-7-14)29(20,26)27)28-19(25)13-10-17(23)22(11-13)15-4-2-3-5-15/h6-9,12-13,15H,2-5,10-11H2,1H3,(H,21,24)(H2,20,26,27)/t12-,13-/m1/s1. The summed E-state index contributed by atoms with van der Waals surface area (Å²) >= 11 is 0. The van der Waals surface area contributed by atoms with Gasteiger partial charge in [-0.05, 0) is 44.0 Å². The largest absolute Gasteiger partial charge is 0.452 e. The number of anilines is 1. The Morgan fingerprint density at radius 1 is 1.21 bits per heavy atom. The summed E-state index contributed by atoms with van der Waals surface area (Å²) in [5, 5.41) is 7.58. The van der Waals surface area contributed by atoms with Crippen molar-refractivity contribution < 1.29 is 27.5 Å². The Morgan fingerprint density at radius 2 is 1.83 bits per heavy atom. The highest BCUT2D eigenvalue weighted by molar-refractivity contribution is 7.89. The Hall–Kier alpha value is -2.46. The maximum absolute atomic E-state index is 12.4. The van der Waals surface area contributed by atoms with Crippen molar-refractivity contribution in [2.24, 2.45) is 11.1 Å². The summed E-state index contributed by atoms with van der Waals surface area (Å²) in [5.41, 5.74) is 0.341. The Kier molecular flexibility index (Phi) is 6.23. The zero-order valence-corrected chi connectivity index (χ0v) is 17.0. The van der Waals surface area contributed by atoms with E-state index in [-0.39, 0.29) is 23.3 Å². The summed E-state index contributed by atoms with van der Waals surface area (Å²) in [4.78, 5) is 38.6. The number of rotatable bonds is 6. The third-order valence-corrected chi connectivity index (χ3v) is 6.30. The number of amides is 2. The fourth-order valence-electron chi connectivity index (χ4n) is 3.75. The molecule has 0 unspecified atom stereocenters.